The Hall–Kier alpha value is -4.22. The molecule has 0 radical (unpaired) electrons. The van der Waals surface area contributed by atoms with E-state index in [0.717, 1.165) is 5.56 Å². The molecule has 10 nitrogen and oxygen atoms in total. The van der Waals surface area contributed by atoms with E-state index in [2.05, 4.69) is 5.32 Å². The number of benzene rings is 3. The van der Waals surface area contributed by atoms with Gasteiger partial charge >= 0.3 is 10.1 Å². The number of aliphatic hydroxyl groups is 1. The molecule has 3 aromatic rings. The largest absolute Gasteiger partial charge is 0.496 e. The number of ketones is 1. The molecule has 0 fully saturated rings. The number of methoxy groups -OCH3 is 2. The zero-order valence-electron chi connectivity index (χ0n) is 21.5. The van der Waals surface area contributed by atoms with E-state index in [1.807, 2.05) is 0 Å². The summed E-state index contributed by atoms with van der Waals surface area (Å²) < 4.78 is 41.4. The summed E-state index contributed by atoms with van der Waals surface area (Å²) in [5.74, 6) is -0.492. The Bertz CT molecular complexity index is 1440. The first-order chi connectivity index (χ1) is 18.7. The lowest BCUT2D eigenvalue weighted by atomic mass is 10.0. The van der Waals surface area contributed by atoms with E-state index in [1.54, 1.807) is 42.5 Å². The van der Waals surface area contributed by atoms with Crippen molar-refractivity contribution in [1.29, 1.82) is 0 Å². The minimum absolute atomic E-state index is 0.0753. The Balaban J connectivity index is 1.73. The SMILES string of the molecule is COc1ccc(CCNC(=O)Cc2ccc(OC)c(OS(=O)(=O)c3ccccc3)c2CO)cc1C(=O)CC=O. The number of hydrogen-bond acceptors (Lipinski definition) is 9. The lowest BCUT2D eigenvalue weighted by Crippen LogP contribution is -2.27. The van der Waals surface area contributed by atoms with E-state index >= 15 is 0 Å². The lowest BCUT2D eigenvalue weighted by Gasteiger charge is -2.17. The van der Waals surface area contributed by atoms with Crippen LogP contribution in [0, 0.1) is 0 Å². The molecule has 0 saturated heterocycles. The summed E-state index contributed by atoms with van der Waals surface area (Å²) in [5.41, 5.74) is 1.52. The molecule has 0 spiro atoms. The van der Waals surface area contributed by atoms with Crippen molar-refractivity contribution in [1.82, 2.24) is 5.32 Å². The fourth-order valence-electron chi connectivity index (χ4n) is 3.88. The Morgan fingerprint density at radius 1 is 0.974 bits per heavy atom. The molecule has 0 bridgehead atoms. The van der Waals surface area contributed by atoms with Gasteiger partial charge in [0, 0.05) is 12.1 Å². The van der Waals surface area contributed by atoms with E-state index in [9.17, 15) is 27.9 Å². The van der Waals surface area contributed by atoms with Crippen molar-refractivity contribution in [3.05, 3.63) is 82.9 Å². The molecule has 3 aromatic carbocycles. The highest BCUT2D eigenvalue weighted by Crippen LogP contribution is 2.36. The lowest BCUT2D eigenvalue weighted by molar-refractivity contribution is -0.120. The van der Waals surface area contributed by atoms with E-state index in [0.29, 0.717) is 24.0 Å². The number of ether oxygens (including phenoxy) is 2. The van der Waals surface area contributed by atoms with Crippen LogP contribution in [0.5, 0.6) is 17.2 Å². The second-order valence-corrected chi connectivity index (χ2v) is 9.89. The summed E-state index contributed by atoms with van der Waals surface area (Å²) in [6.07, 6.45) is 0.509. The number of carbonyl (C=O) groups is 3. The predicted octanol–water partition coefficient (Wildman–Crippen LogP) is 2.64. The van der Waals surface area contributed by atoms with Crippen LogP contribution in [0.1, 0.15) is 33.5 Å². The van der Waals surface area contributed by atoms with Crippen LogP contribution < -0.4 is 19.0 Å². The minimum atomic E-state index is -4.23. The number of Topliss-reactive ketones (excluding diaryl/α,β-unsaturated/α-hetero) is 1. The van der Waals surface area contributed by atoms with Gasteiger partial charge < -0.3 is 28.9 Å². The summed E-state index contributed by atoms with van der Waals surface area (Å²) in [6.45, 7) is -0.355. The normalized spacial score (nSPS) is 10.9. The highest BCUT2D eigenvalue weighted by molar-refractivity contribution is 7.87. The van der Waals surface area contributed by atoms with Gasteiger partial charge in [0.15, 0.2) is 17.3 Å². The van der Waals surface area contributed by atoms with Gasteiger partial charge in [-0.1, -0.05) is 30.3 Å². The van der Waals surface area contributed by atoms with Gasteiger partial charge in [-0.05, 0) is 47.9 Å². The molecule has 0 aromatic heterocycles. The summed E-state index contributed by atoms with van der Waals surface area (Å²) >= 11 is 0. The summed E-state index contributed by atoms with van der Waals surface area (Å²) in [7, 11) is -1.46. The Morgan fingerprint density at radius 3 is 2.31 bits per heavy atom. The van der Waals surface area contributed by atoms with Crippen molar-refractivity contribution in [2.24, 2.45) is 0 Å². The number of amides is 1. The van der Waals surface area contributed by atoms with Crippen LogP contribution in [0.2, 0.25) is 0 Å². The predicted molar refractivity (Wildman–Crippen MR) is 142 cm³/mol. The first kappa shape index (κ1) is 29.3. The smallest absolute Gasteiger partial charge is 0.339 e. The van der Waals surface area contributed by atoms with Gasteiger partial charge in [0.2, 0.25) is 5.91 Å². The van der Waals surface area contributed by atoms with E-state index in [1.165, 1.54) is 32.4 Å². The van der Waals surface area contributed by atoms with Gasteiger partial charge in [0.1, 0.15) is 16.9 Å². The molecule has 0 heterocycles. The first-order valence-corrected chi connectivity index (χ1v) is 13.3. The van der Waals surface area contributed by atoms with Crippen LogP contribution in [-0.2, 0) is 39.2 Å². The molecule has 39 heavy (non-hydrogen) atoms. The standard InChI is InChI=1S/C28H29NO9S/c1-36-25-10-8-19(16-22(25)24(32)13-15-30)12-14-29-27(33)17-20-9-11-26(37-2)28(23(20)18-31)38-39(34,35)21-6-4-3-5-7-21/h3-11,15-16,31H,12-14,17-18H2,1-2H3,(H,29,33). The zero-order chi connectivity index (χ0) is 28.4. The van der Waals surface area contributed by atoms with E-state index in [-0.39, 0.29) is 58.6 Å². The van der Waals surface area contributed by atoms with Crippen molar-refractivity contribution < 1.29 is 41.6 Å². The monoisotopic (exact) mass is 555 g/mol. The molecular weight excluding hydrogens is 526 g/mol. The molecule has 3 rings (SSSR count). The molecule has 0 aliphatic heterocycles. The molecule has 0 aliphatic carbocycles. The molecule has 0 atom stereocenters. The summed E-state index contributed by atoms with van der Waals surface area (Å²) in [6, 6.07) is 15.6. The van der Waals surface area contributed by atoms with Crippen molar-refractivity contribution in [2.45, 2.75) is 30.8 Å². The number of carbonyl (C=O) groups excluding carboxylic acids is 3. The molecule has 0 saturated carbocycles. The Morgan fingerprint density at radius 2 is 1.67 bits per heavy atom. The van der Waals surface area contributed by atoms with Crippen molar-refractivity contribution in [3.63, 3.8) is 0 Å². The van der Waals surface area contributed by atoms with Gasteiger partial charge in [0.05, 0.1) is 39.2 Å². The molecule has 11 heteroatoms. The van der Waals surface area contributed by atoms with Crippen molar-refractivity contribution in [3.8, 4) is 17.2 Å². The average molecular weight is 556 g/mol. The quantitative estimate of drug-likeness (QED) is 0.133. The third-order valence-electron chi connectivity index (χ3n) is 5.84. The highest BCUT2D eigenvalue weighted by Gasteiger charge is 2.24. The third kappa shape index (κ3) is 7.43. The van der Waals surface area contributed by atoms with E-state index in [4.69, 9.17) is 13.7 Å². The maximum Gasteiger partial charge on any atom is 0.339 e. The molecule has 1 amide bonds. The van der Waals surface area contributed by atoms with Crippen LogP contribution in [-0.4, -0.2) is 52.3 Å². The summed E-state index contributed by atoms with van der Waals surface area (Å²) in [4.78, 5) is 35.6. The number of hydrogen-bond donors (Lipinski definition) is 2. The Labute approximate surface area is 226 Å². The topological polar surface area (TPSA) is 145 Å². The minimum Gasteiger partial charge on any atom is -0.496 e. The first-order valence-electron chi connectivity index (χ1n) is 11.9. The molecule has 2 N–H and O–H groups in total. The summed E-state index contributed by atoms with van der Waals surface area (Å²) in [5, 5.41) is 12.8. The third-order valence-corrected chi connectivity index (χ3v) is 7.08. The van der Waals surface area contributed by atoms with Crippen LogP contribution in [0.25, 0.3) is 0 Å². The number of nitrogens with one attached hydrogen (secondary N) is 1. The van der Waals surface area contributed by atoms with Crippen LogP contribution in [0.4, 0.5) is 0 Å². The fourth-order valence-corrected chi connectivity index (χ4v) is 4.87. The maximum atomic E-state index is 12.8. The Kier molecular flexibility index (Phi) is 10.2. The van der Waals surface area contributed by atoms with Gasteiger partial charge in [0.25, 0.3) is 0 Å². The fraction of sp³-hybridized carbons (Fsp3) is 0.250. The van der Waals surface area contributed by atoms with E-state index < -0.39 is 16.7 Å². The van der Waals surface area contributed by atoms with Gasteiger partial charge in [-0.15, -0.1) is 0 Å². The average Bonchev–Trinajstić information content (AvgIpc) is 2.93. The molecule has 0 aliphatic rings. The van der Waals surface area contributed by atoms with Crippen LogP contribution in [0.3, 0.4) is 0 Å². The van der Waals surface area contributed by atoms with Crippen LogP contribution >= 0.6 is 0 Å². The maximum absolute atomic E-state index is 12.8. The number of aliphatic hydroxyl groups excluding tert-OH is 1. The van der Waals surface area contributed by atoms with Crippen molar-refractivity contribution >= 4 is 28.1 Å². The number of aldehydes is 1. The molecule has 0 unspecified atom stereocenters. The van der Waals surface area contributed by atoms with Crippen molar-refractivity contribution in [2.75, 3.05) is 20.8 Å². The molecule has 206 valence electrons. The van der Waals surface area contributed by atoms with Crippen LogP contribution in [0.15, 0.2) is 65.6 Å². The second-order valence-electron chi connectivity index (χ2n) is 8.35. The van der Waals surface area contributed by atoms with Gasteiger partial charge in [-0.25, -0.2) is 0 Å². The van der Waals surface area contributed by atoms with Gasteiger partial charge in [-0.2, -0.15) is 8.42 Å². The second kappa shape index (κ2) is 13.5. The number of rotatable bonds is 14. The highest BCUT2D eigenvalue weighted by atomic mass is 32.2. The van der Waals surface area contributed by atoms with Gasteiger partial charge in [-0.3, -0.25) is 9.59 Å². The zero-order valence-corrected chi connectivity index (χ0v) is 22.3. The molecular formula is C28H29NO9S.